The van der Waals surface area contributed by atoms with Crippen LogP contribution >= 0.6 is 0 Å². The van der Waals surface area contributed by atoms with Crippen LogP contribution in [0.25, 0.3) is 0 Å². The van der Waals surface area contributed by atoms with Crippen molar-refractivity contribution in [2.45, 2.75) is 182 Å². The van der Waals surface area contributed by atoms with Gasteiger partial charge in [-0.3, -0.25) is 19.2 Å². The van der Waals surface area contributed by atoms with Crippen molar-refractivity contribution in [3.8, 4) is 0 Å². The molecule has 0 aliphatic carbocycles. The van der Waals surface area contributed by atoms with Gasteiger partial charge in [0, 0.05) is 12.8 Å². The highest BCUT2D eigenvalue weighted by Crippen LogP contribution is 2.20. The molecule has 2 atom stereocenters. The third kappa shape index (κ3) is 27.0. The van der Waals surface area contributed by atoms with Gasteiger partial charge in [-0.2, -0.15) is 0 Å². The molecule has 0 bridgehead atoms. The van der Waals surface area contributed by atoms with E-state index in [4.69, 9.17) is 18.9 Å². The summed E-state index contributed by atoms with van der Waals surface area (Å²) in [5, 5.41) is 0. The molecule has 0 aromatic heterocycles. The first-order chi connectivity index (χ1) is 22.4. The molecule has 46 heavy (non-hydrogen) atoms. The maximum Gasteiger partial charge on any atom is 0.308 e. The summed E-state index contributed by atoms with van der Waals surface area (Å²) in [6.07, 6.45) is 22.1. The Kier molecular flexibility index (Phi) is 31.3. The van der Waals surface area contributed by atoms with Gasteiger partial charge in [0.2, 0.25) is 0 Å². The summed E-state index contributed by atoms with van der Waals surface area (Å²) in [4.78, 5) is 49.0. The fourth-order valence-corrected chi connectivity index (χ4v) is 5.43. The lowest BCUT2D eigenvalue weighted by Crippen LogP contribution is -2.18. The monoisotopic (exact) mass is 655 g/mol. The Bertz CT molecular complexity index is 691. The Morgan fingerprint density at radius 1 is 0.370 bits per heavy atom. The van der Waals surface area contributed by atoms with Gasteiger partial charge in [0.1, 0.15) is 13.2 Å². The van der Waals surface area contributed by atoms with Crippen molar-refractivity contribution in [1.82, 2.24) is 0 Å². The summed E-state index contributed by atoms with van der Waals surface area (Å²) in [6.45, 7) is 9.55. The standard InChI is InChI=1S/C38H70O8/c1-5-9-13-17-25-33(23-11-7-3)37(41)45-29-21-15-19-27-35(39)43-31-32-44-36(40)28-20-16-22-30-46-38(42)34(24-12-8-4)26-18-14-10-6-2/h33-34H,5-32H2,1-4H3. The van der Waals surface area contributed by atoms with Crippen LogP contribution in [0.1, 0.15) is 182 Å². The number of rotatable bonds is 33. The zero-order chi connectivity index (χ0) is 34.1. The van der Waals surface area contributed by atoms with E-state index in [0.717, 1.165) is 89.9 Å². The zero-order valence-corrected chi connectivity index (χ0v) is 30.2. The van der Waals surface area contributed by atoms with Crippen molar-refractivity contribution in [2.75, 3.05) is 26.4 Å². The normalized spacial score (nSPS) is 12.3. The van der Waals surface area contributed by atoms with Crippen LogP contribution in [0.5, 0.6) is 0 Å². The van der Waals surface area contributed by atoms with Gasteiger partial charge in [0.05, 0.1) is 25.0 Å². The second kappa shape index (κ2) is 32.8. The van der Waals surface area contributed by atoms with E-state index in [2.05, 4.69) is 27.7 Å². The molecular weight excluding hydrogens is 584 g/mol. The highest BCUT2D eigenvalue weighted by molar-refractivity contribution is 5.73. The third-order valence-electron chi connectivity index (χ3n) is 8.44. The summed E-state index contributed by atoms with van der Waals surface area (Å²) in [5.74, 6) is -0.747. The number of carbonyl (C=O) groups excluding carboxylic acids is 4. The van der Waals surface area contributed by atoms with Crippen LogP contribution in [-0.2, 0) is 38.1 Å². The van der Waals surface area contributed by atoms with Crippen molar-refractivity contribution >= 4 is 23.9 Å². The van der Waals surface area contributed by atoms with Gasteiger partial charge in [0.25, 0.3) is 0 Å². The summed E-state index contributed by atoms with van der Waals surface area (Å²) in [5.41, 5.74) is 0. The van der Waals surface area contributed by atoms with Crippen LogP contribution in [-0.4, -0.2) is 50.3 Å². The van der Waals surface area contributed by atoms with Crippen LogP contribution in [0, 0.1) is 11.8 Å². The first-order valence-corrected chi connectivity index (χ1v) is 19.0. The third-order valence-corrected chi connectivity index (χ3v) is 8.44. The van der Waals surface area contributed by atoms with Crippen LogP contribution in [0.2, 0.25) is 0 Å². The summed E-state index contributed by atoms with van der Waals surface area (Å²) >= 11 is 0. The fourth-order valence-electron chi connectivity index (χ4n) is 5.43. The SMILES string of the molecule is CCCCCCC(CCCC)C(=O)OCCCCCC(=O)OCCOC(=O)CCCCCOC(=O)C(CCCC)CCCCCC. The van der Waals surface area contributed by atoms with Gasteiger partial charge in [-0.15, -0.1) is 0 Å². The Hall–Kier alpha value is -2.12. The Morgan fingerprint density at radius 3 is 1.09 bits per heavy atom. The van der Waals surface area contributed by atoms with Crippen LogP contribution in [0.15, 0.2) is 0 Å². The smallest absolute Gasteiger partial charge is 0.308 e. The number of hydrogen-bond donors (Lipinski definition) is 0. The molecule has 0 aliphatic heterocycles. The topological polar surface area (TPSA) is 105 Å². The molecule has 0 heterocycles. The van der Waals surface area contributed by atoms with E-state index >= 15 is 0 Å². The van der Waals surface area contributed by atoms with Gasteiger partial charge in [0.15, 0.2) is 0 Å². The van der Waals surface area contributed by atoms with E-state index in [9.17, 15) is 19.2 Å². The largest absolute Gasteiger partial charge is 0.465 e. The average molecular weight is 655 g/mol. The van der Waals surface area contributed by atoms with E-state index in [1.165, 1.54) is 38.5 Å². The molecule has 0 amide bonds. The minimum absolute atomic E-state index is 0.00957. The van der Waals surface area contributed by atoms with Crippen LogP contribution in [0.3, 0.4) is 0 Å². The van der Waals surface area contributed by atoms with Gasteiger partial charge >= 0.3 is 23.9 Å². The van der Waals surface area contributed by atoms with Crippen molar-refractivity contribution in [1.29, 1.82) is 0 Å². The molecule has 0 aromatic carbocycles. The predicted octanol–water partition coefficient (Wildman–Crippen LogP) is 9.83. The highest BCUT2D eigenvalue weighted by atomic mass is 16.6. The molecule has 0 rings (SSSR count). The molecular formula is C38H70O8. The van der Waals surface area contributed by atoms with E-state index in [1.54, 1.807) is 0 Å². The molecule has 270 valence electrons. The maximum atomic E-state index is 12.5. The molecule has 0 radical (unpaired) electrons. The van der Waals surface area contributed by atoms with Gasteiger partial charge in [-0.25, -0.2) is 0 Å². The van der Waals surface area contributed by atoms with E-state index in [-0.39, 0.29) is 48.9 Å². The molecule has 0 saturated heterocycles. The second-order valence-electron chi connectivity index (χ2n) is 12.8. The quantitative estimate of drug-likeness (QED) is 0.0391. The molecule has 0 N–H and O–H groups in total. The van der Waals surface area contributed by atoms with Gasteiger partial charge in [-0.1, -0.05) is 105 Å². The lowest BCUT2D eigenvalue weighted by molar-refractivity contribution is -0.152. The minimum atomic E-state index is -0.313. The molecule has 0 spiro atoms. The van der Waals surface area contributed by atoms with Crippen LogP contribution in [0.4, 0.5) is 0 Å². The lowest BCUT2D eigenvalue weighted by atomic mass is 9.95. The molecule has 8 nitrogen and oxygen atoms in total. The second-order valence-corrected chi connectivity index (χ2v) is 12.8. The van der Waals surface area contributed by atoms with Crippen molar-refractivity contribution < 1.29 is 38.1 Å². The summed E-state index contributed by atoms with van der Waals surface area (Å²) in [6, 6.07) is 0. The summed E-state index contributed by atoms with van der Waals surface area (Å²) < 4.78 is 21.4. The molecule has 8 heteroatoms. The number of hydrogen-bond acceptors (Lipinski definition) is 8. The van der Waals surface area contributed by atoms with E-state index in [0.29, 0.717) is 38.9 Å². The zero-order valence-electron chi connectivity index (χ0n) is 30.2. The molecule has 0 fully saturated rings. The highest BCUT2D eigenvalue weighted by Gasteiger charge is 2.20. The van der Waals surface area contributed by atoms with Crippen molar-refractivity contribution in [3.63, 3.8) is 0 Å². The van der Waals surface area contributed by atoms with Gasteiger partial charge in [-0.05, 0) is 64.2 Å². The Morgan fingerprint density at radius 2 is 0.717 bits per heavy atom. The average Bonchev–Trinajstić information content (AvgIpc) is 3.05. The van der Waals surface area contributed by atoms with E-state index in [1.807, 2.05) is 0 Å². The van der Waals surface area contributed by atoms with Gasteiger partial charge < -0.3 is 18.9 Å². The van der Waals surface area contributed by atoms with E-state index < -0.39 is 0 Å². The van der Waals surface area contributed by atoms with Crippen LogP contribution < -0.4 is 0 Å². The first kappa shape index (κ1) is 43.9. The Balaban J connectivity index is 3.84. The Labute approximate surface area is 281 Å². The minimum Gasteiger partial charge on any atom is -0.465 e. The number of ether oxygens (including phenoxy) is 4. The predicted molar refractivity (Wildman–Crippen MR) is 184 cm³/mol. The molecule has 0 aliphatic rings. The number of carbonyl (C=O) groups is 4. The summed E-state index contributed by atoms with van der Waals surface area (Å²) in [7, 11) is 0. The fraction of sp³-hybridized carbons (Fsp3) is 0.895. The maximum absolute atomic E-state index is 12.5. The molecule has 0 aromatic rings. The van der Waals surface area contributed by atoms with Crippen molar-refractivity contribution in [3.05, 3.63) is 0 Å². The van der Waals surface area contributed by atoms with Crippen molar-refractivity contribution in [2.24, 2.45) is 11.8 Å². The first-order valence-electron chi connectivity index (χ1n) is 19.0. The number of unbranched alkanes of at least 4 members (excludes halogenated alkanes) is 12. The lowest BCUT2D eigenvalue weighted by Gasteiger charge is -2.15. The number of esters is 4. The molecule has 2 unspecified atom stereocenters. The molecule has 0 saturated carbocycles.